The van der Waals surface area contributed by atoms with Gasteiger partial charge in [-0.1, -0.05) is 53.7 Å². The van der Waals surface area contributed by atoms with E-state index in [1.54, 1.807) is 0 Å². The van der Waals surface area contributed by atoms with Crippen LogP contribution in [0.4, 0.5) is 0 Å². The Bertz CT molecular complexity index is 362. The molecule has 1 unspecified atom stereocenters. The Labute approximate surface area is 121 Å². The number of allylic oxidation sites excluding steroid dienone is 2. The number of hydrogen-bond acceptors (Lipinski definition) is 2. The molecule has 0 spiro atoms. The van der Waals surface area contributed by atoms with E-state index >= 15 is 0 Å². The van der Waals surface area contributed by atoms with Gasteiger partial charge in [-0.25, -0.2) is 0 Å². The van der Waals surface area contributed by atoms with Crippen LogP contribution in [0, 0.1) is 10.8 Å². The molecule has 1 aliphatic rings. The molecule has 0 saturated heterocycles. The molecule has 0 fully saturated rings. The van der Waals surface area contributed by atoms with Crippen molar-refractivity contribution in [2.24, 2.45) is 10.8 Å². The third-order valence-corrected chi connectivity index (χ3v) is 5.87. The highest BCUT2D eigenvalue weighted by atomic mass is 32.2. The maximum atomic E-state index is 3.81. The molecule has 0 aromatic rings. The van der Waals surface area contributed by atoms with Gasteiger partial charge >= 0.3 is 0 Å². The highest BCUT2D eigenvalue weighted by Gasteiger charge is 2.31. The second-order valence-electron chi connectivity index (χ2n) is 6.83. The Balaban J connectivity index is 3.00. The topological polar surface area (TPSA) is 0 Å². The van der Waals surface area contributed by atoms with Crippen LogP contribution in [0.25, 0.3) is 0 Å². The first-order valence-electron chi connectivity index (χ1n) is 6.49. The van der Waals surface area contributed by atoms with E-state index in [9.17, 15) is 0 Å². The molecule has 1 atom stereocenters. The summed E-state index contributed by atoms with van der Waals surface area (Å²) in [4.78, 5) is 2.90. The van der Waals surface area contributed by atoms with Crippen LogP contribution >= 0.6 is 23.5 Å². The molecule has 0 aromatic heterocycles. The van der Waals surface area contributed by atoms with Gasteiger partial charge < -0.3 is 0 Å². The second-order valence-corrected chi connectivity index (χ2v) is 9.11. The predicted molar refractivity (Wildman–Crippen MR) is 89.1 cm³/mol. The third kappa shape index (κ3) is 4.55. The second kappa shape index (κ2) is 5.92. The van der Waals surface area contributed by atoms with E-state index in [1.807, 2.05) is 29.6 Å². The van der Waals surface area contributed by atoms with Crippen molar-refractivity contribution in [3.8, 4) is 0 Å². The minimum atomic E-state index is 0.239. The largest absolute Gasteiger partial charge is 0.122 e. The van der Waals surface area contributed by atoms with Crippen LogP contribution in [-0.4, -0.2) is 11.0 Å². The summed E-state index contributed by atoms with van der Waals surface area (Å²) in [6, 6.07) is 0. The molecule has 1 heterocycles. The maximum Gasteiger partial charge on any atom is 0.0333 e. The van der Waals surface area contributed by atoms with Gasteiger partial charge in [-0.2, -0.15) is 0 Å². The van der Waals surface area contributed by atoms with Gasteiger partial charge in [-0.3, -0.25) is 0 Å². The van der Waals surface area contributed by atoms with Gasteiger partial charge in [-0.05, 0) is 21.8 Å². The monoisotopic (exact) mass is 282 g/mol. The van der Waals surface area contributed by atoms with Gasteiger partial charge in [0, 0.05) is 15.9 Å². The van der Waals surface area contributed by atoms with Crippen molar-refractivity contribution in [2.75, 3.05) is 5.75 Å². The Kier molecular flexibility index (Phi) is 5.25. The SMILES string of the molecule is C=CCSC1=CC(C(C)(C)C)SC(C(C)(C)C)=C1. The highest BCUT2D eigenvalue weighted by Crippen LogP contribution is 2.47. The molecule has 2 heteroatoms. The Morgan fingerprint density at radius 2 is 1.89 bits per heavy atom. The average molecular weight is 283 g/mol. The van der Waals surface area contributed by atoms with Gasteiger partial charge in [0.2, 0.25) is 0 Å². The van der Waals surface area contributed by atoms with Crippen molar-refractivity contribution in [2.45, 2.75) is 46.8 Å². The minimum Gasteiger partial charge on any atom is -0.122 e. The fourth-order valence-corrected chi connectivity index (χ4v) is 3.89. The van der Waals surface area contributed by atoms with E-state index in [0.29, 0.717) is 10.7 Å². The van der Waals surface area contributed by atoms with Crippen molar-refractivity contribution >= 4 is 23.5 Å². The van der Waals surface area contributed by atoms with Crippen LogP contribution in [0.1, 0.15) is 41.5 Å². The standard InChI is InChI=1S/C16H26S2/c1-8-9-17-12-10-13(15(2,3)4)18-14(11-12)16(5,6)7/h8,10-11,13H,1,9H2,2-7H3. The van der Waals surface area contributed by atoms with Crippen molar-refractivity contribution in [1.29, 1.82) is 0 Å². The molecule has 0 bridgehead atoms. The Morgan fingerprint density at radius 3 is 2.33 bits per heavy atom. The summed E-state index contributed by atoms with van der Waals surface area (Å²) in [6.07, 6.45) is 6.76. The van der Waals surface area contributed by atoms with E-state index in [-0.39, 0.29) is 5.41 Å². The van der Waals surface area contributed by atoms with Crippen molar-refractivity contribution in [3.05, 3.63) is 34.6 Å². The zero-order valence-corrected chi connectivity index (χ0v) is 14.2. The molecule has 1 rings (SSSR count). The van der Waals surface area contributed by atoms with Gasteiger partial charge in [-0.15, -0.1) is 30.1 Å². The van der Waals surface area contributed by atoms with Crippen molar-refractivity contribution < 1.29 is 0 Å². The van der Waals surface area contributed by atoms with Gasteiger partial charge in [0.05, 0.1) is 0 Å². The molecule has 0 aliphatic carbocycles. The Hall–Kier alpha value is -0.0800. The lowest BCUT2D eigenvalue weighted by Crippen LogP contribution is -2.25. The molecule has 102 valence electrons. The molecule has 1 aliphatic heterocycles. The first kappa shape index (κ1) is 16.0. The van der Waals surface area contributed by atoms with Crippen LogP contribution in [0.3, 0.4) is 0 Å². The third-order valence-electron chi connectivity index (χ3n) is 2.80. The quantitative estimate of drug-likeness (QED) is 0.593. The fourth-order valence-electron chi connectivity index (χ4n) is 1.60. The fraction of sp³-hybridized carbons (Fsp3) is 0.625. The summed E-state index contributed by atoms with van der Waals surface area (Å²) in [7, 11) is 0. The van der Waals surface area contributed by atoms with E-state index in [0.717, 1.165) is 5.75 Å². The van der Waals surface area contributed by atoms with Crippen LogP contribution in [0.15, 0.2) is 34.6 Å². The summed E-state index contributed by atoms with van der Waals surface area (Å²) >= 11 is 3.92. The molecule has 0 aromatic carbocycles. The number of hydrogen-bond donors (Lipinski definition) is 0. The molecule has 0 nitrogen and oxygen atoms in total. The molecule has 0 N–H and O–H groups in total. The van der Waals surface area contributed by atoms with Crippen LogP contribution < -0.4 is 0 Å². The normalized spacial score (nSPS) is 21.3. The van der Waals surface area contributed by atoms with Gasteiger partial charge in [0.1, 0.15) is 0 Å². The smallest absolute Gasteiger partial charge is 0.0333 e. The van der Waals surface area contributed by atoms with E-state index in [1.165, 1.54) is 9.81 Å². The van der Waals surface area contributed by atoms with E-state index in [2.05, 4.69) is 60.3 Å². The molecule has 18 heavy (non-hydrogen) atoms. The van der Waals surface area contributed by atoms with Crippen LogP contribution in [-0.2, 0) is 0 Å². The number of rotatable bonds is 3. The molecule has 0 saturated carbocycles. The first-order valence-corrected chi connectivity index (χ1v) is 8.35. The van der Waals surface area contributed by atoms with Crippen LogP contribution in [0.5, 0.6) is 0 Å². The lowest BCUT2D eigenvalue weighted by molar-refractivity contribution is 0.430. The van der Waals surface area contributed by atoms with Gasteiger partial charge in [0.25, 0.3) is 0 Å². The maximum absolute atomic E-state index is 3.81. The lowest BCUT2D eigenvalue weighted by Gasteiger charge is -2.35. The van der Waals surface area contributed by atoms with E-state index in [4.69, 9.17) is 0 Å². The first-order chi connectivity index (χ1) is 8.14. The molecule has 0 amide bonds. The predicted octanol–water partition coefficient (Wildman–Crippen LogP) is 5.88. The Morgan fingerprint density at radius 1 is 1.28 bits per heavy atom. The minimum absolute atomic E-state index is 0.239. The summed E-state index contributed by atoms with van der Waals surface area (Å²) < 4.78 is 0. The molecular weight excluding hydrogens is 256 g/mol. The summed E-state index contributed by atoms with van der Waals surface area (Å²) in [6.45, 7) is 17.7. The van der Waals surface area contributed by atoms with Crippen LogP contribution in [0.2, 0.25) is 0 Å². The zero-order valence-electron chi connectivity index (χ0n) is 12.5. The highest BCUT2D eigenvalue weighted by molar-refractivity contribution is 8.05. The molecular formula is C16H26S2. The van der Waals surface area contributed by atoms with Crippen molar-refractivity contribution in [1.82, 2.24) is 0 Å². The lowest BCUT2D eigenvalue weighted by atomic mass is 9.90. The number of thioether (sulfide) groups is 2. The average Bonchev–Trinajstić information content (AvgIpc) is 2.23. The van der Waals surface area contributed by atoms with Gasteiger partial charge in [0.15, 0.2) is 0 Å². The molecule has 0 radical (unpaired) electrons. The summed E-state index contributed by atoms with van der Waals surface area (Å²) in [5.74, 6) is 0.987. The van der Waals surface area contributed by atoms with Crippen molar-refractivity contribution in [3.63, 3.8) is 0 Å². The summed E-state index contributed by atoms with van der Waals surface area (Å²) in [5.41, 5.74) is 0.540. The zero-order chi connectivity index (χ0) is 14.0. The van der Waals surface area contributed by atoms with E-state index < -0.39 is 0 Å². The summed E-state index contributed by atoms with van der Waals surface area (Å²) in [5, 5.41) is 0.559.